The van der Waals surface area contributed by atoms with Crippen LogP contribution in [-0.2, 0) is 9.53 Å². The van der Waals surface area contributed by atoms with E-state index in [2.05, 4.69) is 15.6 Å². The van der Waals surface area contributed by atoms with Gasteiger partial charge in [-0.25, -0.2) is 4.79 Å². The van der Waals surface area contributed by atoms with Crippen LogP contribution >= 0.6 is 11.8 Å². The lowest BCUT2D eigenvalue weighted by Gasteiger charge is -2.20. The largest absolute Gasteiger partial charge is 0.478 e. The second-order valence-electron chi connectivity index (χ2n) is 4.83. The molecule has 1 rings (SSSR count). The Hall–Kier alpha value is -1.61. The normalized spacial score (nSPS) is 14.0. The first-order chi connectivity index (χ1) is 9.83. The van der Waals surface area contributed by atoms with E-state index < -0.39 is 17.8 Å². The second kappa shape index (κ2) is 7.41. The van der Waals surface area contributed by atoms with Crippen molar-refractivity contribution in [3.63, 3.8) is 0 Å². The van der Waals surface area contributed by atoms with Crippen LogP contribution < -0.4 is 11.0 Å². The van der Waals surface area contributed by atoms with Gasteiger partial charge in [0.2, 0.25) is 11.4 Å². The van der Waals surface area contributed by atoms with Crippen LogP contribution in [0.5, 0.6) is 0 Å². The van der Waals surface area contributed by atoms with Crippen LogP contribution in [0, 0.1) is 5.92 Å². The number of carbonyl (C=O) groups is 1. The Kier molecular flexibility index (Phi) is 6.16. The van der Waals surface area contributed by atoms with Gasteiger partial charge in [0.1, 0.15) is 5.69 Å². The van der Waals surface area contributed by atoms with Crippen molar-refractivity contribution in [1.82, 2.24) is 14.9 Å². The molecule has 1 heterocycles. The van der Waals surface area contributed by atoms with E-state index >= 15 is 0 Å². The van der Waals surface area contributed by atoms with Crippen molar-refractivity contribution in [2.45, 2.75) is 38.1 Å². The van der Waals surface area contributed by atoms with Gasteiger partial charge in [-0.05, 0) is 12.2 Å². The lowest BCUT2D eigenvalue weighted by Crippen LogP contribution is -2.44. The monoisotopic (exact) mass is 316 g/mol. The first kappa shape index (κ1) is 17.4. The van der Waals surface area contributed by atoms with Crippen LogP contribution in [0.25, 0.3) is 0 Å². The molecule has 0 radical (unpaired) electrons. The summed E-state index contributed by atoms with van der Waals surface area (Å²) in [6.07, 6.45) is 0.371. The summed E-state index contributed by atoms with van der Waals surface area (Å²) in [5.74, 6) is -1.12. The summed E-state index contributed by atoms with van der Waals surface area (Å²) in [7, 11) is 1.24. The van der Waals surface area contributed by atoms with Crippen molar-refractivity contribution >= 4 is 17.7 Å². The molecule has 0 aliphatic carbocycles. The topological polar surface area (TPSA) is 106 Å². The van der Waals surface area contributed by atoms with E-state index in [0.29, 0.717) is 0 Å². The summed E-state index contributed by atoms with van der Waals surface area (Å²) in [4.78, 5) is 23.5. The molecule has 9 heteroatoms. The van der Waals surface area contributed by atoms with E-state index in [4.69, 9.17) is 9.84 Å². The molecule has 0 unspecified atom stereocenters. The molecule has 0 aromatic carbocycles. The molecule has 0 saturated carbocycles. The molecule has 0 saturated heterocycles. The summed E-state index contributed by atoms with van der Waals surface area (Å²) in [6, 6.07) is 0. The smallest absolute Gasteiger partial charge is 0.355 e. The molecule has 2 atom stereocenters. The molecule has 118 valence electrons. The standard InChI is InChI=1S/C12H20N4O4S/c1-6(2)7(3)8-10(17)16(12(21-5)14-13-8)15-9(20-4)11(18)19/h6-7,9,15H,1-5H3,(H,18,19)/t7-,9+/m0/s1. The van der Waals surface area contributed by atoms with E-state index in [1.165, 1.54) is 18.9 Å². The third-order valence-corrected chi connectivity index (χ3v) is 3.81. The molecule has 1 aromatic rings. The highest BCUT2D eigenvalue weighted by atomic mass is 32.2. The zero-order valence-electron chi connectivity index (χ0n) is 12.7. The minimum atomic E-state index is -1.35. The second-order valence-corrected chi connectivity index (χ2v) is 5.60. The van der Waals surface area contributed by atoms with Crippen molar-refractivity contribution in [3.8, 4) is 0 Å². The molecular weight excluding hydrogens is 296 g/mol. The third kappa shape index (κ3) is 3.94. The quantitative estimate of drug-likeness (QED) is 0.560. The van der Waals surface area contributed by atoms with Gasteiger partial charge in [-0.15, -0.1) is 10.2 Å². The number of nitrogens with zero attached hydrogens (tertiary/aromatic N) is 3. The Balaban J connectivity index is 3.31. The molecule has 8 nitrogen and oxygen atoms in total. The van der Waals surface area contributed by atoms with Crippen molar-refractivity contribution in [1.29, 1.82) is 0 Å². The van der Waals surface area contributed by atoms with Crippen molar-refractivity contribution < 1.29 is 14.6 Å². The predicted molar refractivity (Wildman–Crippen MR) is 79.1 cm³/mol. The van der Waals surface area contributed by atoms with Gasteiger partial charge in [0.25, 0.3) is 5.56 Å². The fourth-order valence-corrected chi connectivity index (χ4v) is 2.00. The van der Waals surface area contributed by atoms with Gasteiger partial charge in [-0.3, -0.25) is 10.2 Å². The lowest BCUT2D eigenvalue weighted by atomic mass is 9.95. The number of hydrogen-bond acceptors (Lipinski definition) is 7. The molecule has 0 spiro atoms. The highest BCUT2D eigenvalue weighted by Gasteiger charge is 2.23. The van der Waals surface area contributed by atoms with Crippen LogP contribution in [0.2, 0.25) is 0 Å². The van der Waals surface area contributed by atoms with Gasteiger partial charge < -0.3 is 9.84 Å². The summed E-state index contributed by atoms with van der Waals surface area (Å²) in [5.41, 5.74) is 2.38. The average Bonchev–Trinajstić information content (AvgIpc) is 2.44. The third-order valence-electron chi connectivity index (χ3n) is 3.18. The van der Waals surface area contributed by atoms with Crippen molar-refractivity contribution in [2.75, 3.05) is 18.8 Å². The fourth-order valence-electron chi connectivity index (χ4n) is 1.56. The summed E-state index contributed by atoms with van der Waals surface area (Å²) < 4.78 is 5.87. The van der Waals surface area contributed by atoms with E-state index in [1.54, 1.807) is 6.26 Å². The Labute approximate surface area is 126 Å². The predicted octanol–water partition coefficient (Wildman–Crippen LogP) is 0.720. The van der Waals surface area contributed by atoms with Crippen LogP contribution in [0.4, 0.5) is 0 Å². The average molecular weight is 316 g/mol. The zero-order valence-corrected chi connectivity index (χ0v) is 13.5. The molecule has 1 aromatic heterocycles. The Morgan fingerprint density at radius 1 is 1.38 bits per heavy atom. The van der Waals surface area contributed by atoms with E-state index in [1.807, 2.05) is 20.8 Å². The molecule has 21 heavy (non-hydrogen) atoms. The SMILES string of the molecule is CO[C@@H](Nn1c(SC)nnc([C@@H](C)C(C)C)c1=O)C(=O)O. The van der Waals surface area contributed by atoms with Crippen LogP contribution in [-0.4, -0.2) is 45.5 Å². The molecule has 0 aliphatic heterocycles. The summed E-state index contributed by atoms with van der Waals surface area (Å²) in [6.45, 7) is 5.83. The fraction of sp³-hybridized carbons (Fsp3) is 0.667. The number of hydrogen-bond donors (Lipinski definition) is 2. The number of ether oxygens (including phenoxy) is 1. The first-order valence-corrected chi connectivity index (χ1v) is 7.61. The molecule has 2 N–H and O–H groups in total. The van der Waals surface area contributed by atoms with Gasteiger partial charge >= 0.3 is 5.97 Å². The lowest BCUT2D eigenvalue weighted by molar-refractivity contribution is -0.147. The van der Waals surface area contributed by atoms with Crippen LogP contribution in [0.15, 0.2) is 9.95 Å². The first-order valence-electron chi connectivity index (χ1n) is 6.39. The number of carboxylic acids is 1. The summed E-state index contributed by atoms with van der Waals surface area (Å²) in [5, 5.41) is 17.2. The van der Waals surface area contributed by atoms with Gasteiger partial charge in [0.15, 0.2) is 0 Å². The van der Waals surface area contributed by atoms with Crippen LogP contribution in [0.3, 0.4) is 0 Å². The van der Waals surface area contributed by atoms with Crippen LogP contribution in [0.1, 0.15) is 32.4 Å². The maximum atomic E-state index is 12.5. The Bertz CT molecular complexity index is 561. The van der Waals surface area contributed by atoms with Gasteiger partial charge in [-0.2, -0.15) is 4.68 Å². The van der Waals surface area contributed by atoms with Crippen molar-refractivity contribution in [2.24, 2.45) is 5.92 Å². The highest BCUT2D eigenvalue weighted by Crippen LogP contribution is 2.19. The Morgan fingerprint density at radius 2 is 2.00 bits per heavy atom. The van der Waals surface area contributed by atoms with Gasteiger partial charge in [0.05, 0.1) is 0 Å². The number of carboxylic acid groups (broad SMARTS) is 1. The minimum absolute atomic E-state index is 0.0974. The maximum absolute atomic E-state index is 12.5. The maximum Gasteiger partial charge on any atom is 0.355 e. The molecular formula is C12H20N4O4S. The molecule has 0 amide bonds. The number of rotatable bonds is 7. The Morgan fingerprint density at radius 3 is 2.43 bits per heavy atom. The zero-order chi connectivity index (χ0) is 16.2. The van der Waals surface area contributed by atoms with Crippen molar-refractivity contribution in [3.05, 3.63) is 16.0 Å². The van der Waals surface area contributed by atoms with Gasteiger partial charge in [0, 0.05) is 13.0 Å². The number of aliphatic carboxylic acids is 1. The molecule has 0 aliphatic rings. The van der Waals surface area contributed by atoms with E-state index in [0.717, 1.165) is 4.68 Å². The van der Waals surface area contributed by atoms with E-state index in [9.17, 15) is 9.59 Å². The van der Waals surface area contributed by atoms with E-state index in [-0.39, 0.29) is 22.7 Å². The van der Waals surface area contributed by atoms with Gasteiger partial charge in [-0.1, -0.05) is 32.5 Å². The number of methoxy groups -OCH3 is 1. The number of nitrogens with one attached hydrogen (secondary N) is 1. The number of aromatic nitrogens is 3. The minimum Gasteiger partial charge on any atom is -0.478 e. The summed E-state index contributed by atoms with van der Waals surface area (Å²) >= 11 is 1.18. The number of thioether (sulfide) groups is 1. The molecule has 0 bridgehead atoms. The molecule has 0 fully saturated rings. The highest BCUT2D eigenvalue weighted by molar-refractivity contribution is 7.98.